The summed E-state index contributed by atoms with van der Waals surface area (Å²) in [5.74, 6) is 1.72. The van der Waals surface area contributed by atoms with Gasteiger partial charge in [-0.3, -0.25) is 0 Å². The molecule has 0 amide bonds. The largest absolute Gasteiger partial charge is 0.351 e. The Morgan fingerprint density at radius 2 is 2.16 bits per heavy atom. The minimum absolute atomic E-state index is 0.339. The molecule has 0 bridgehead atoms. The number of fused-ring (bicyclic) bond motifs is 1. The summed E-state index contributed by atoms with van der Waals surface area (Å²) in [4.78, 5) is 6.86. The van der Waals surface area contributed by atoms with E-state index in [-0.39, 0.29) is 0 Å². The number of rotatable bonds is 1. The van der Waals surface area contributed by atoms with Crippen LogP contribution in [-0.2, 0) is 0 Å². The highest BCUT2D eigenvalue weighted by Gasteiger charge is 2.40. The molecule has 3 nitrogen and oxygen atoms in total. The minimum Gasteiger partial charge on any atom is -0.351 e. The maximum atomic E-state index is 9.07. The Labute approximate surface area is 119 Å². The number of aromatic nitrogens is 1. The van der Waals surface area contributed by atoms with E-state index in [2.05, 4.69) is 22.9 Å². The van der Waals surface area contributed by atoms with Gasteiger partial charge in [0.25, 0.3) is 0 Å². The van der Waals surface area contributed by atoms with Crippen LogP contribution in [0.1, 0.15) is 44.7 Å². The monoisotopic (exact) mass is 275 g/mol. The van der Waals surface area contributed by atoms with Crippen molar-refractivity contribution in [1.82, 2.24) is 4.98 Å². The smallest absolute Gasteiger partial charge is 0.161 e. The van der Waals surface area contributed by atoms with Crippen LogP contribution in [0.5, 0.6) is 0 Å². The molecule has 0 spiro atoms. The fraction of sp³-hybridized carbons (Fsp3) is 0.600. The normalized spacial score (nSPS) is 29.9. The molecule has 3 unspecified atom stereocenters. The van der Waals surface area contributed by atoms with Crippen molar-refractivity contribution in [2.24, 2.45) is 5.92 Å². The number of pyridine rings is 1. The number of nitrogens with zero attached hydrogens (tertiary/aromatic N) is 3. The standard InChI is InChI=1S/C15H18ClN3/c1-10-8-11-4-2-3-5-14(11)19(10)15-7-6-12(16)13(9-17)18-15/h6-7,10-11,14H,2-5,8H2,1H3. The van der Waals surface area contributed by atoms with Gasteiger partial charge in [-0.15, -0.1) is 0 Å². The van der Waals surface area contributed by atoms with Gasteiger partial charge in [-0.1, -0.05) is 24.4 Å². The van der Waals surface area contributed by atoms with E-state index in [9.17, 15) is 0 Å². The molecule has 1 aliphatic carbocycles. The lowest BCUT2D eigenvalue weighted by atomic mass is 9.85. The molecule has 1 saturated carbocycles. The quantitative estimate of drug-likeness (QED) is 0.783. The minimum atomic E-state index is 0.339. The first-order valence-electron chi connectivity index (χ1n) is 7.05. The zero-order valence-corrected chi connectivity index (χ0v) is 11.9. The molecule has 19 heavy (non-hydrogen) atoms. The van der Waals surface area contributed by atoms with Crippen LogP contribution in [0.15, 0.2) is 12.1 Å². The molecule has 2 fully saturated rings. The van der Waals surface area contributed by atoms with Crippen molar-refractivity contribution in [1.29, 1.82) is 5.26 Å². The Bertz CT molecular complexity index is 523. The molecule has 0 radical (unpaired) electrons. The molecule has 1 aliphatic heterocycles. The first-order chi connectivity index (χ1) is 9.20. The number of hydrogen-bond acceptors (Lipinski definition) is 3. The van der Waals surface area contributed by atoms with Gasteiger partial charge in [0.1, 0.15) is 11.9 Å². The van der Waals surface area contributed by atoms with E-state index < -0.39 is 0 Å². The van der Waals surface area contributed by atoms with Crippen LogP contribution in [-0.4, -0.2) is 17.1 Å². The van der Waals surface area contributed by atoms with Crippen LogP contribution < -0.4 is 4.90 Å². The molecular weight excluding hydrogens is 258 g/mol. The number of nitriles is 1. The average Bonchev–Trinajstić information content (AvgIpc) is 2.75. The third-order valence-corrected chi connectivity index (χ3v) is 4.85. The highest BCUT2D eigenvalue weighted by molar-refractivity contribution is 6.31. The Hall–Kier alpha value is -1.27. The predicted octanol–water partition coefficient (Wildman–Crippen LogP) is 3.76. The van der Waals surface area contributed by atoms with Crippen LogP contribution in [0.3, 0.4) is 0 Å². The summed E-state index contributed by atoms with van der Waals surface area (Å²) < 4.78 is 0. The molecule has 100 valence electrons. The first kappa shape index (κ1) is 12.7. The summed E-state index contributed by atoms with van der Waals surface area (Å²) in [5, 5.41) is 9.51. The number of hydrogen-bond donors (Lipinski definition) is 0. The van der Waals surface area contributed by atoms with Crippen LogP contribution in [0.2, 0.25) is 5.02 Å². The summed E-state index contributed by atoms with van der Waals surface area (Å²) in [5.41, 5.74) is 0.339. The van der Waals surface area contributed by atoms with Crippen LogP contribution in [0.25, 0.3) is 0 Å². The van der Waals surface area contributed by atoms with E-state index >= 15 is 0 Å². The van der Waals surface area contributed by atoms with Crippen LogP contribution >= 0.6 is 11.6 Å². The van der Waals surface area contributed by atoms with Crippen LogP contribution in [0.4, 0.5) is 5.82 Å². The predicted molar refractivity (Wildman–Crippen MR) is 76.3 cm³/mol. The van der Waals surface area contributed by atoms with E-state index in [4.69, 9.17) is 16.9 Å². The molecule has 3 atom stereocenters. The molecule has 2 aliphatic rings. The van der Waals surface area contributed by atoms with Crippen molar-refractivity contribution in [3.05, 3.63) is 22.8 Å². The molecular formula is C15H18ClN3. The van der Waals surface area contributed by atoms with Gasteiger partial charge in [0.05, 0.1) is 5.02 Å². The second kappa shape index (κ2) is 5.02. The van der Waals surface area contributed by atoms with E-state index in [0.29, 0.717) is 22.8 Å². The van der Waals surface area contributed by atoms with E-state index in [1.54, 1.807) is 6.07 Å². The van der Waals surface area contributed by atoms with Gasteiger partial charge in [-0.2, -0.15) is 5.26 Å². The molecule has 2 heterocycles. The molecule has 3 rings (SSSR count). The van der Waals surface area contributed by atoms with Crippen molar-refractivity contribution < 1.29 is 0 Å². The third-order valence-electron chi connectivity index (χ3n) is 4.55. The molecule has 1 aromatic heterocycles. The van der Waals surface area contributed by atoms with E-state index in [1.807, 2.05) is 6.07 Å². The lowest BCUT2D eigenvalue weighted by Gasteiger charge is -2.34. The van der Waals surface area contributed by atoms with Gasteiger partial charge in [-0.05, 0) is 44.2 Å². The summed E-state index contributed by atoms with van der Waals surface area (Å²) in [6, 6.07) is 6.94. The van der Waals surface area contributed by atoms with Gasteiger partial charge < -0.3 is 4.90 Å². The second-order valence-electron chi connectivity index (χ2n) is 5.72. The summed E-state index contributed by atoms with van der Waals surface area (Å²) in [7, 11) is 0. The van der Waals surface area contributed by atoms with Gasteiger partial charge in [-0.25, -0.2) is 4.98 Å². The van der Waals surface area contributed by atoms with Gasteiger partial charge >= 0.3 is 0 Å². The maximum absolute atomic E-state index is 9.07. The lowest BCUT2D eigenvalue weighted by molar-refractivity contribution is 0.341. The molecule has 0 N–H and O–H groups in total. The SMILES string of the molecule is CC1CC2CCCCC2N1c1ccc(Cl)c(C#N)n1. The Morgan fingerprint density at radius 3 is 2.95 bits per heavy atom. The summed E-state index contributed by atoms with van der Waals surface area (Å²) >= 11 is 5.97. The average molecular weight is 276 g/mol. The Kier molecular flexibility index (Phi) is 3.36. The Morgan fingerprint density at radius 1 is 1.37 bits per heavy atom. The zero-order chi connectivity index (χ0) is 13.4. The summed E-state index contributed by atoms with van der Waals surface area (Å²) in [6.45, 7) is 2.26. The van der Waals surface area contributed by atoms with E-state index in [1.165, 1.54) is 32.1 Å². The van der Waals surface area contributed by atoms with Gasteiger partial charge in [0.2, 0.25) is 0 Å². The molecule has 0 aromatic carbocycles. The second-order valence-corrected chi connectivity index (χ2v) is 6.12. The highest BCUT2D eigenvalue weighted by Crippen LogP contribution is 2.41. The number of anilines is 1. The number of halogens is 1. The van der Waals surface area contributed by atoms with E-state index in [0.717, 1.165) is 11.7 Å². The maximum Gasteiger partial charge on any atom is 0.161 e. The zero-order valence-electron chi connectivity index (χ0n) is 11.1. The first-order valence-corrected chi connectivity index (χ1v) is 7.43. The van der Waals surface area contributed by atoms with Crippen molar-refractivity contribution >= 4 is 17.4 Å². The van der Waals surface area contributed by atoms with Crippen molar-refractivity contribution in [3.8, 4) is 6.07 Å². The lowest BCUT2D eigenvalue weighted by Crippen LogP contribution is -2.38. The van der Waals surface area contributed by atoms with Gasteiger partial charge in [0, 0.05) is 12.1 Å². The summed E-state index contributed by atoms with van der Waals surface area (Å²) in [6.07, 6.45) is 6.50. The van der Waals surface area contributed by atoms with Crippen molar-refractivity contribution in [2.75, 3.05) is 4.90 Å². The molecule has 1 aromatic rings. The topological polar surface area (TPSA) is 39.9 Å². The van der Waals surface area contributed by atoms with Crippen molar-refractivity contribution in [2.45, 2.75) is 51.1 Å². The fourth-order valence-electron chi connectivity index (χ4n) is 3.76. The third kappa shape index (κ3) is 2.19. The fourth-order valence-corrected chi connectivity index (χ4v) is 3.91. The van der Waals surface area contributed by atoms with Crippen LogP contribution in [0, 0.1) is 17.2 Å². The molecule has 1 saturated heterocycles. The van der Waals surface area contributed by atoms with Crippen molar-refractivity contribution in [3.63, 3.8) is 0 Å². The molecule has 4 heteroatoms. The highest BCUT2D eigenvalue weighted by atomic mass is 35.5. The Balaban J connectivity index is 1.94. The van der Waals surface area contributed by atoms with Gasteiger partial charge in [0.15, 0.2) is 5.69 Å².